The van der Waals surface area contributed by atoms with Gasteiger partial charge in [0.25, 0.3) is 0 Å². The number of nitrogens with zero attached hydrogens (tertiary/aromatic N) is 1. The van der Waals surface area contributed by atoms with Crippen LogP contribution in [0.3, 0.4) is 0 Å². The van der Waals surface area contributed by atoms with E-state index in [1.54, 1.807) is 7.05 Å². The Labute approximate surface area is 119 Å². The molecular formula is C13H25N3O4. The SMILES string of the molecule is CCN(C)C(=O)CNC(=O)NCCC(C)CCC(=O)O. The predicted molar refractivity (Wildman–Crippen MR) is 75.4 cm³/mol. The van der Waals surface area contributed by atoms with Crippen LogP contribution in [0.2, 0.25) is 0 Å². The molecule has 20 heavy (non-hydrogen) atoms. The summed E-state index contributed by atoms with van der Waals surface area (Å²) >= 11 is 0. The highest BCUT2D eigenvalue weighted by molar-refractivity contribution is 5.83. The van der Waals surface area contributed by atoms with E-state index in [4.69, 9.17) is 5.11 Å². The fourth-order valence-corrected chi connectivity index (χ4v) is 1.48. The van der Waals surface area contributed by atoms with Gasteiger partial charge in [-0.05, 0) is 25.7 Å². The van der Waals surface area contributed by atoms with Gasteiger partial charge in [0, 0.05) is 26.6 Å². The first-order valence-electron chi connectivity index (χ1n) is 6.84. The van der Waals surface area contributed by atoms with Crippen molar-refractivity contribution in [1.82, 2.24) is 15.5 Å². The molecule has 0 aliphatic carbocycles. The van der Waals surface area contributed by atoms with E-state index in [-0.39, 0.29) is 30.8 Å². The maximum Gasteiger partial charge on any atom is 0.315 e. The first-order valence-corrected chi connectivity index (χ1v) is 6.84. The molecule has 0 fully saturated rings. The second kappa shape index (κ2) is 10.1. The predicted octanol–water partition coefficient (Wildman–Crippen LogP) is 0.655. The molecule has 0 aromatic rings. The third kappa shape index (κ3) is 9.18. The van der Waals surface area contributed by atoms with Crippen molar-refractivity contribution < 1.29 is 19.5 Å². The molecule has 7 heteroatoms. The molecule has 0 saturated carbocycles. The normalized spacial score (nSPS) is 11.6. The highest BCUT2D eigenvalue weighted by Crippen LogP contribution is 2.08. The van der Waals surface area contributed by atoms with Crippen LogP contribution in [0.15, 0.2) is 0 Å². The molecule has 0 radical (unpaired) electrons. The van der Waals surface area contributed by atoms with E-state index >= 15 is 0 Å². The Balaban J connectivity index is 3.68. The fraction of sp³-hybridized carbons (Fsp3) is 0.769. The van der Waals surface area contributed by atoms with Crippen LogP contribution in [0, 0.1) is 5.92 Å². The van der Waals surface area contributed by atoms with Crippen molar-refractivity contribution in [3.63, 3.8) is 0 Å². The first-order chi connectivity index (χ1) is 9.36. The van der Waals surface area contributed by atoms with Crippen LogP contribution < -0.4 is 10.6 Å². The summed E-state index contributed by atoms with van der Waals surface area (Å²) in [6, 6.07) is -0.381. The van der Waals surface area contributed by atoms with Crippen LogP contribution in [0.5, 0.6) is 0 Å². The highest BCUT2D eigenvalue weighted by Gasteiger charge is 2.09. The number of carbonyl (C=O) groups excluding carboxylic acids is 2. The average molecular weight is 287 g/mol. The molecule has 0 spiro atoms. The Kier molecular flexibility index (Phi) is 9.15. The van der Waals surface area contributed by atoms with Gasteiger partial charge in [-0.25, -0.2) is 4.79 Å². The van der Waals surface area contributed by atoms with Crippen LogP contribution in [0.25, 0.3) is 0 Å². The van der Waals surface area contributed by atoms with Gasteiger partial charge in [-0.2, -0.15) is 0 Å². The molecule has 116 valence electrons. The van der Waals surface area contributed by atoms with E-state index in [1.165, 1.54) is 4.90 Å². The lowest BCUT2D eigenvalue weighted by atomic mass is 10.0. The molecule has 1 atom stereocenters. The number of nitrogens with one attached hydrogen (secondary N) is 2. The number of likely N-dealkylation sites (N-methyl/N-ethyl adjacent to an activating group) is 1. The molecule has 3 N–H and O–H groups in total. The second-order valence-corrected chi connectivity index (χ2v) is 4.84. The molecule has 7 nitrogen and oxygen atoms in total. The molecule has 3 amide bonds. The van der Waals surface area contributed by atoms with Gasteiger partial charge in [-0.3, -0.25) is 9.59 Å². The van der Waals surface area contributed by atoms with Gasteiger partial charge in [0.05, 0.1) is 6.54 Å². The van der Waals surface area contributed by atoms with E-state index < -0.39 is 5.97 Å². The van der Waals surface area contributed by atoms with Crippen molar-refractivity contribution in [3.8, 4) is 0 Å². The summed E-state index contributed by atoms with van der Waals surface area (Å²) in [5.74, 6) is -0.710. The molecule has 0 rings (SSSR count). The molecule has 0 aliphatic heterocycles. The van der Waals surface area contributed by atoms with Crippen LogP contribution in [0.4, 0.5) is 4.79 Å². The number of rotatable bonds is 9. The summed E-state index contributed by atoms with van der Waals surface area (Å²) in [5.41, 5.74) is 0. The molecule has 0 heterocycles. The summed E-state index contributed by atoms with van der Waals surface area (Å²) in [5, 5.41) is 13.7. The lowest BCUT2D eigenvalue weighted by molar-refractivity contribution is -0.137. The lowest BCUT2D eigenvalue weighted by Gasteiger charge is -2.15. The smallest absolute Gasteiger partial charge is 0.315 e. The van der Waals surface area contributed by atoms with Crippen molar-refractivity contribution in [2.45, 2.75) is 33.1 Å². The summed E-state index contributed by atoms with van der Waals surface area (Å²) < 4.78 is 0. The summed E-state index contributed by atoms with van der Waals surface area (Å²) in [4.78, 5) is 34.8. The molecule has 0 aromatic heterocycles. The Bertz CT molecular complexity index is 334. The van der Waals surface area contributed by atoms with Crippen molar-refractivity contribution >= 4 is 17.9 Å². The zero-order chi connectivity index (χ0) is 15.5. The van der Waals surface area contributed by atoms with Gasteiger partial charge in [0.2, 0.25) is 5.91 Å². The van der Waals surface area contributed by atoms with Gasteiger partial charge < -0.3 is 20.6 Å². The molecular weight excluding hydrogens is 262 g/mol. The third-order valence-electron chi connectivity index (χ3n) is 3.07. The minimum Gasteiger partial charge on any atom is -0.481 e. The Morgan fingerprint density at radius 2 is 1.85 bits per heavy atom. The number of urea groups is 1. The maximum absolute atomic E-state index is 11.4. The zero-order valence-corrected chi connectivity index (χ0v) is 12.4. The van der Waals surface area contributed by atoms with E-state index in [2.05, 4.69) is 10.6 Å². The number of hydrogen-bond acceptors (Lipinski definition) is 3. The first kappa shape index (κ1) is 18.2. The Morgan fingerprint density at radius 3 is 2.40 bits per heavy atom. The van der Waals surface area contributed by atoms with Crippen molar-refractivity contribution in [2.24, 2.45) is 5.92 Å². The highest BCUT2D eigenvalue weighted by atomic mass is 16.4. The maximum atomic E-state index is 11.4. The molecule has 1 unspecified atom stereocenters. The number of carboxylic acid groups (broad SMARTS) is 1. The summed E-state index contributed by atoms with van der Waals surface area (Å²) in [6.45, 7) is 4.84. The van der Waals surface area contributed by atoms with Crippen molar-refractivity contribution in [1.29, 1.82) is 0 Å². The minimum atomic E-state index is -0.805. The molecule has 0 saturated heterocycles. The number of aliphatic carboxylic acids is 1. The van der Waals surface area contributed by atoms with E-state index in [9.17, 15) is 14.4 Å². The monoisotopic (exact) mass is 287 g/mol. The molecule has 0 aliphatic rings. The van der Waals surface area contributed by atoms with Crippen molar-refractivity contribution in [2.75, 3.05) is 26.7 Å². The van der Waals surface area contributed by atoms with E-state index in [0.29, 0.717) is 25.9 Å². The van der Waals surface area contributed by atoms with Crippen LogP contribution in [0.1, 0.15) is 33.1 Å². The van der Waals surface area contributed by atoms with Crippen LogP contribution in [-0.2, 0) is 9.59 Å². The average Bonchev–Trinajstić information content (AvgIpc) is 2.41. The van der Waals surface area contributed by atoms with Gasteiger partial charge in [-0.15, -0.1) is 0 Å². The summed E-state index contributed by atoms with van der Waals surface area (Å²) in [7, 11) is 1.67. The fourth-order valence-electron chi connectivity index (χ4n) is 1.48. The minimum absolute atomic E-state index is 0.0231. The quantitative estimate of drug-likeness (QED) is 0.580. The number of amides is 3. The molecule has 0 aromatic carbocycles. The number of hydrogen-bond donors (Lipinski definition) is 3. The van der Waals surface area contributed by atoms with Gasteiger partial charge in [0.1, 0.15) is 0 Å². The Hall–Kier alpha value is -1.79. The number of carbonyl (C=O) groups is 3. The lowest BCUT2D eigenvalue weighted by Crippen LogP contribution is -2.43. The van der Waals surface area contributed by atoms with Gasteiger partial charge in [-0.1, -0.05) is 6.92 Å². The van der Waals surface area contributed by atoms with Crippen molar-refractivity contribution in [3.05, 3.63) is 0 Å². The number of carboxylic acids is 1. The van der Waals surface area contributed by atoms with Crippen LogP contribution in [-0.4, -0.2) is 54.6 Å². The standard InChI is InChI=1S/C13H25N3O4/c1-4-16(3)11(17)9-15-13(20)14-8-7-10(2)5-6-12(18)19/h10H,4-9H2,1-3H3,(H,18,19)(H2,14,15,20). The third-order valence-corrected chi connectivity index (χ3v) is 3.07. The van der Waals surface area contributed by atoms with Gasteiger partial charge in [0.15, 0.2) is 0 Å². The molecule has 0 bridgehead atoms. The zero-order valence-electron chi connectivity index (χ0n) is 12.4. The summed E-state index contributed by atoms with van der Waals surface area (Å²) in [6.07, 6.45) is 1.45. The Morgan fingerprint density at radius 1 is 1.20 bits per heavy atom. The van der Waals surface area contributed by atoms with E-state index in [1.807, 2.05) is 13.8 Å². The second-order valence-electron chi connectivity index (χ2n) is 4.84. The van der Waals surface area contributed by atoms with E-state index in [0.717, 1.165) is 0 Å². The van der Waals surface area contributed by atoms with Gasteiger partial charge >= 0.3 is 12.0 Å². The largest absolute Gasteiger partial charge is 0.481 e. The van der Waals surface area contributed by atoms with Crippen LogP contribution >= 0.6 is 0 Å². The topological polar surface area (TPSA) is 98.7 Å².